The lowest BCUT2D eigenvalue weighted by molar-refractivity contribution is 0.165. The molecule has 1 heterocycles. The molecule has 1 aromatic carbocycles. The van der Waals surface area contributed by atoms with E-state index in [1.165, 1.54) is 0 Å². The van der Waals surface area contributed by atoms with Crippen molar-refractivity contribution in [2.45, 2.75) is 24.7 Å². The van der Waals surface area contributed by atoms with Crippen LogP contribution in [0.15, 0.2) is 30.3 Å². The fourth-order valence-electron chi connectivity index (χ4n) is 2.04. The molecule has 1 saturated heterocycles. The van der Waals surface area contributed by atoms with Crippen LogP contribution in [0.1, 0.15) is 18.4 Å². The predicted molar refractivity (Wildman–Crippen MR) is 71.4 cm³/mol. The Morgan fingerprint density at radius 2 is 1.84 bits per heavy atom. The number of carbonyl (C=O) groups is 1. The molecule has 0 radical (unpaired) electrons. The smallest absolute Gasteiger partial charge is 0.425 e. The minimum Gasteiger partial charge on any atom is -0.449 e. The van der Waals surface area contributed by atoms with E-state index in [1.807, 2.05) is 18.2 Å². The summed E-state index contributed by atoms with van der Waals surface area (Å²) in [6, 6.07) is 9.03. The molecule has 0 bridgehead atoms. The van der Waals surface area contributed by atoms with Crippen molar-refractivity contribution < 1.29 is 17.9 Å². The zero-order valence-electron chi connectivity index (χ0n) is 10.5. The fourth-order valence-corrected chi connectivity index (χ4v) is 3.39. The molecule has 5 nitrogen and oxygen atoms in total. The molecule has 0 aliphatic carbocycles. The summed E-state index contributed by atoms with van der Waals surface area (Å²) >= 11 is 0. The first-order chi connectivity index (χ1) is 9.10. The van der Waals surface area contributed by atoms with E-state index >= 15 is 0 Å². The highest BCUT2D eigenvalue weighted by atomic mass is 32.2. The molecule has 1 N–H and O–H groups in total. The zero-order valence-corrected chi connectivity index (χ0v) is 11.4. The van der Waals surface area contributed by atoms with Gasteiger partial charge in [0.2, 0.25) is 0 Å². The SMILES string of the molecule is O=C(OCc1ccccc1)S(=O)(=O)C1CCNCC1. The molecule has 1 fully saturated rings. The van der Waals surface area contributed by atoms with E-state index in [0.717, 1.165) is 5.56 Å². The number of benzene rings is 1. The van der Waals surface area contributed by atoms with Gasteiger partial charge in [-0.2, -0.15) is 0 Å². The van der Waals surface area contributed by atoms with Gasteiger partial charge in [0.25, 0.3) is 9.84 Å². The van der Waals surface area contributed by atoms with Gasteiger partial charge in [0, 0.05) is 0 Å². The molecular formula is C13H17NO4S. The maximum atomic E-state index is 12.0. The van der Waals surface area contributed by atoms with Crippen molar-refractivity contribution in [2.75, 3.05) is 13.1 Å². The third kappa shape index (κ3) is 3.54. The monoisotopic (exact) mass is 283 g/mol. The molecule has 2 rings (SSSR count). The maximum Gasteiger partial charge on any atom is 0.425 e. The van der Waals surface area contributed by atoms with Crippen LogP contribution >= 0.6 is 0 Å². The lowest BCUT2D eigenvalue weighted by Gasteiger charge is -2.21. The average Bonchev–Trinajstić information content (AvgIpc) is 2.46. The molecule has 0 unspecified atom stereocenters. The Labute approximate surface area is 112 Å². The molecule has 0 spiro atoms. The second-order valence-electron chi connectivity index (χ2n) is 4.52. The molecule has 19 heavy (non-hydrogen) atoms. The lowest BCUT2D eigenvalue weighted by atomic mass is 10.2. The number of sulfone groups is 1. The number of rotatable bonds is 3. The number of hydrogen-bond acceptors (Lipinski definition) is 5. The highest BCUT2D eigenvalue weighted by molar-refractivity contribution is 8.06. The predicted octanol–water partition coefficient (Wildman–Crippen LogP) is 1.49. The molecule has 0 atom stereocenters. The Morgan fingerprint density at radius 1 is 1.21 bits per heavy atom. The number of piperidine rings is 1. The highest BCUT2D eigenvalue weighted by Gasteiger charge is 2.35. The van der Waals surface area contributed by atoms with E-state index in [4.69, 9.17) is 4.74 Å². The topological polar surface area (TPSA) is 72.5 Å². The highest BCUT2D eigenvalue weighted by Crippen LogP contribution is 2.16. The molecule has 104 valence electrons. The van der Waals surface area contributed by atoms with Gasteiger partial charge < -0.3 is 10.1 Å². The van der Waals surface area contributed by atoms with Gasteiger partial charge in [-0.05, 0) is 31.5 Å². The first kappa shape index (κ1) is 14.0. The van der Waals surface area contributed by atoms with Crippen molar-refractivity contribution in [3.05, 3.63) is 35.9 Å². The quantitative estimate of drug-likeness (QED) is 0.851. The number of hydrogen-bond donors (Lipinski definition) is 1. The van der Waals surface area contributed by atoms with Crippen molar-refractivity contribution in [1.82, 2.24) is 5.32 Å². The van der Waals surface area contributed by atoms with Crippen LogP contribution < -0.4 is 5.32 Å². The first-order valence-corrected chi connectivity index (χ1v) is 7.80. The molecule has 6 heteroatoms. The Balaban J connectivity index is 1.95. The van der Waals surface area contributed by atoms with Gasteiger partial charge >= 0.3 is 5.30 Å². The Kier molecular flexibility index (Phi) is 4.55. The zero-order chi connectivity index (χ0) is 13.7. The first-order valence-electron chi connectivity index (χ1n) is 6.26. The van der Waals surface area contributed by atoms with Gasteiger partial charge in [-0.15, -0.1) is 0 Å². The Bertz CT molecular complexity index is 521. The molecule has 0 aromatic heterocycles. The summed E-state index contributed by atoms with van der Waals surface area (Å²) in [6.45, 7) is 1.23. The van der Waals surface area contributed by atoms with Crippen LogP contribution in [0.3, 0.4) is 0 Å². The summed E-state index contributed by atoms with van der Waals surface area (Å²) in [5.74, 6) is 0. The van der Waals surface area contributed by atoms with Gasteiger partial charge in [0.15, 0.2) is 0 Å². The van der Waals surface area contributed by atoms with Gasteiger partial charge in [-0.1, -0.05) is 30.3 Å². The van der Waals surface area contributed by atoms with Crippen LogP contribution in [-0.4, -0.2) is 32.1 Å². The summed E-state index contributed by atoms with van der Waals surface area (Å²) in [7, 11) is -3.83. The van der Waals surface area contributed by atoms with Crippen LogP contribution in [0, 0.1) is 0 Å². The van der Waals surface area contributed by atoms with Crippen LogP contribution in [0.4, 0.5) is 4.79 Å². The summed E-state index contributed by atoms with van der Waals surface area (Å²) in [5.41, 5.74) is 0.774. The molecule has 1 aliphatic heterocycles. The number of carbonyl (C=O) groups excluding carboxylic acids is 1. The van der Waals surface area contributed by atoms with E-state index in [-0.39, 0.29) is 6.61 Å². The van der Waals surface area contributed by atoms with Crippen molar-refractivity contribution >= 4 is 15.1 Å². The Hall–Kier alpha value is -1.40. The van der Waals surface area contributed by atoms with Crippen molar-refractivity contribution in [3.63, 3.8) is 0 Å². The normalized spacial score (nSPS) is 17.1. The van der Waals surface area contributed by atoms with Crippen molar-refractivity contribution in [2.24, 2.45) is 0 Å². The molecular weight excluding hydrogens is 266 g/mol. The van der Waals surface area contributed by atoms with E-state index in [0.29, 0.717) is 25.9 Å². The number of ether oxygens (including phenoxy) is 1. The van der Waals surface area contributed by atoms with Gasteiger partial charge in [-0.25, -0.2) is 13.2 Å². The average molecular weight is 283 g/mol. The summed E-state index contributed by atoms with van der Waals surface area (Å²) in [4.78, 5) is 11.7. The van der Waals surface area contributed by atoms with Crippen molar-refractivity contribution in [3.8, 4) is 0 Å². The van der Waals surface area contributed by atoms with Gasteiger partial charge in [0.05, 0.1) is 5.25 Å². The van der Waals surface area contributed by atoms with Gasteiger partial charge in [-0.3, -0.25) is 0 Å². The van der Waals surface area contributed by atoms with Gasteiger partial charge in [0.1, 0.15) is 6.61 Å². The van der Waals surface area contributed by atoms with E-state index in [1.54, 1.807) is 12.1 Å². The van der Waals surface area contributed by atoms with Crippen LogP contribution in [0.2, 0.25) is 0 Å². The van der Waals surface area contributed by atoms with Crippen LogP contribution in [0.25, 0.3) is 0 Å². The third-order valence-electron chi connectivity index (χ3n) is 3.16. The number of nitrogens with one attached hydrogen (secondary N) is 1. The minimum absolute atomic E-state index is 0.0100. The van der Waals surface area contributed by atoms with E-state index in [9.17, 15) is 13.2 Å². The maximum absolute atomic E-state index is 12.0. The molecule has 1 aromatic rings. The molecule has 0 saturated carbocycles. The van der Waals surface area contributed by atoms with E-state index < -0.39 is 20.4 Å². The second kappa shape index (κ2) is 6.16. The molecule has 1 aliphatic rings. The third-order valence-corrected chi connectivity index (χ3v) is 5.09. The largest absolute Gasteiger partial charge is 0.449 e. The minimum atomic E-state index is -3.83. The standard InChI is InChI=1S/C13H17NO4S/c15-13(18-10-11-4-2-1-3-5-11)19(16,17)12-6-8-14-9-7-12/h1-5,12,14H,6-10H2. The van der Waals surface area contributed by atoms with Crippen LogP contribution in [0.5, 0.6) is 0 Å². The van der Waals surface area contributed by atoms with Crippen molar-refractivity contribution in [1.29, 1.82) is 0 Å². The summed E-state index contributed by atoms with van der Waals surface area (Å²) < 4.78 is 28.9. The fraction of sp³-hybridized carbons (Fsp3) is 0.462. The summed E-state index contributed by atoms with van der Waals surface area (Å²) in [6.07, 6.45) is 0.922. The Morgan fingerprint density at radius 3 is 2.47 bits per heavy atom. The second-order valence-corrected chi connectivity index (χ2v) is 6.61. The van der Waals surface area contributed by atoms with E-state index in [2.05, 4.69) is 5.32 Å². The van der Waals surface area contributed by atoms with Crippen LogP contribution in [-0.2, 0) is 21.2 Å². The molecule has 0 amide bonds. The lowest BCUT2D eigenvalue weighted by Crippen LogP contribution is -2.38. The summed E-state index contributed by atoms with van der Waals surface area (Å²) in [5, 5.41) is 1.35.